The van der Waals surface area contributed by atoms with Gasteiger partial charge in [0.05, 0.1) is 0 Å². The summed E-state index contributed by atoms with van der Waals surface area (Å²) in [6, 6.07) is 7.97. The van der Waals surface area contributed by atoms with Crippen molar-refractivity contribution in [2.45, 2.75) is 19.9 Å². The van der Waals surface area contributed by atoms with Crippen molar-refractivity contribution >= 4 is 29.4 Å². The molecule has 1 heterocycles. The predicted molar refractivity (Wildman–Crippen MR) is 88.1 cm³/mol. The summed E-state index contributed by atoms with van der Waals surface area (Å²) >= 11 is 0. The van der Waals surface area contributed by atoms with Crippen LogP contribution in [0.25, 0.3) is 0 Å². The fourth-order valence-electron chi connectivity index (χ4n) is 2.51. The highest BCUT2D eigenvalue weighted by atomic mass is 16.2. The number of hydrogen-bond donors (Lipinski definition) is 0. The Kier molecular flexibility index (Phi) is 5.13. The van der Waals surface area contributed by atoms with Gasteiger partial charge in [-0.3, -0.25) is 19.3 Å². The number of para-hydroxylation sites is 1. The molecule has 7 nitrogen and oxygen atoms in total. The molecule has 5 amide bonds. The van der Waals surface area contributed by atoms with E-state index in [1.165, 1.54) is 11.0 Å². The second-order valence-corrected chi connectivity index (χ2v) is 5.57. The number of urea groups is 1. The Morgan fingerprint density at radius 1 is 1.12 bits per heavy atom. The minimum absolute atomic E-state index is 0.0688. The molecule has 0 N–H and O–H groups in total. The fraction of sp³-hybridized carbons (Fsp3) is 0.294. The number of carbonyl (C=O) groups excluding carboxylic acids is 4. The standard InChI is InChI=1S/C17H19N3O4/c1-4-10-18-15(22)16(23)19(17(18)24)11-14(21)20(12(2)3)13-8-6-5-7-9-13/h4-9,12H,1,10-11H2,2-3H3. The van der Waals surface area contributed by atoms with E-state index in [0.29, 0.717) is 10.6 Å². The lowest BCUT2D eigenvalue weighted by molar-refractivity contribution is -0.143. The van der Waals surface area contributed by atoms with Crippen LogP contribution in [0.5, 0.6) is 0 Å². The third-order valence-electron chi connectivity index (χ3n) is 3.56. The van der Waals surface area contributed by atoms with Crippen LogP contribution in [0.1, 0.15) is 13.8 Å². The zero-order valence-electron chi connectivity index (χ0n) is 13.6. The molecule has 126 valence electrons. The van der Waals surface area contributed by atoms with E-state index in [9.17, 15) is 19.2 Å². The normalized spacial score (nSPS) is 14.5. The molecular weight excluding hydrogens is 310 g/mol. The largest absolute Gasteiger partial charge is 0.335 e. The number of anilines is 1. The molecule has 0 unspecified atom stereocenters. The maximum Gasteiger partial charge on any atom is 0.335 e. The van der Waals surface area contributed by atoms with Gasteiger partial charge in [-0.05, 0) is 26.0 Å². The maximum atomic E-state index is 12.6. The van der Waals surface area contributed by atoms with Gasteiger partial charge in [0.2, 0.25) is 5.91 Å². The van der Waals surface area contributed by atoms with Gasteiger partial charge in [0.25, 0.3) is 0 Å². The average Bonchev–Trinajstić information content (AvgIpc) is 2.74. The van der Waals surface area contributed by atoms with Crippen molar-refractivity contribution in [1.29, 1.82) is 0 Å². The van der Waals surface area contributed by atoms with Crippen molar-refractivity contribution in [2.24, 2.45) is 0 Å². The van der Waals surface area contributed by atoms with Gasteiger partial charge < -0.3 is 4.90 Å². The van der Waals surface area contributed by atoms with Gasteiger partial charge in [0.15, 0.2) is 0 Å². The summed E-state index contributed by atoms with van der Waals surface area (Å²) in [5.41, 5.74) is 0.658. The Labute approximate surface area is 140 Å². The molecule has 7 heteroatoms. The van der Waals surface area contributed by atoms with Crippen LogP contribution in [0.4, 0.5) is 10.5 Å². The van der Waals surface area contributed by atoms with Crippen LogP contribution in [0.15, 0.2) is 43.0 Å². The van der Waals surface area contributed by atoms with Crippen molar-refractivity contribution in [2.75, 3.05) is 18.0 Å². The van der Waals surface area contributed by atoms with Crippen molar-refractivity contribution in [3.63, 3.8) is 0 Å². The van der Waals surface area contributed by atoms with Crippen molar-refractivity contribution in [1.82, 2.24) is 9.80 Å². The van der Waals surface area contributed by atoms with E-state index in [4.69, 9.17) is 0 Å². The smallest absolute Gasteiger partial charge is 0.308 e. The van der Waals surface area contributed by atoms with Crippen molar-refractivity contribution in [3.05, 3.63) is 43.0 Å². The third-order valence-corrected chi connectivity index (χ3v) is 3.56. The summed E-state index contributed by atoms with van der Waals surface area (Å²) in [5.74, 6) is -2.37. The monoisotopic (exact) mass is 329 g/mol. The van der Waals surface area contributed by atoms with E-state index >= 15 is 0 Å². The van der Waals surface area contributed by atoms with Gasteiger partial charge in [-0.15, -0.1) is 6.58 Å². The maximum absolute atomic E-state index is 12.6. The quantitative estimate of drug-likeness (QED) is 0.449. The second kappa shape index (κ2) is 7.08. The Morgan fingerprint density at radius 3 is 2.25 bits per heavy atom. The minimum atomic E-state index is -0.994. The summed E-state index contributed by atoms with van der Waals surface area (Å²) in [4.78, 5) is 51.5. The van der Waals surface area contributed by atoms with Crippen molar-refractivity contribution < 1.29 is 19.2 Å². The first kappa shape index (κ1) is 17.4. The lowest BCUT2D eigenvalue weighted by atomic mass is 10.2. The molecule has 1 aliphatic rings. The van der Waals surface area contributed by atoms with E-state index in [1.807, 2.05) is 19.9 Å². The Balaban J connectivity index is 2.21. The Bertz CT molecular complexity index is 684. The van der Waals surface area contributed by atoms with Gasteiger partial charge >= 0.3 is 17.8 Å². The number of carbonyl (C=O) groups is 4. The van der Waals surface area contributed by atoms with Gasteiger partial charge in [-0.1, -0.05) is 24.3 Å². The zero-order valence-corrected chi connectivity index (χ0v) is 13.6. The highest BCUT2D eigenvalue weighted by Gasteiger charge is 2.45. The molecule has 1 aliphatic heterocycles. The Hall–Kier alpha value is -2.96. The summed E-state index contributed by atoms with van der Waals surface area (Å²) in [7, 11) is 0. The van der Waals surface area contributed by atoms with Crippen molar-refractivity contribution in [3.8, 4) is 0 Å². The van der Waals surface area contributed by atoms with Gasteiger partial charge in [-0.25, -0.2) is 9.69 Å². The molecule has 1 fully saturated rings. The SMILES string of the molecule is C=CCN1C(=O)C(=O)N(CC(=O)N(c2ccccc2)C(C)C)C1=O. The lowest BCUT2D eigenvalue weighted by Gasteiger charge is -2.28. The molecule has 0 aliphatic carbocycles. The topological polar surface area (TPSA) is 78.0 Å². The van der Waals surface area contributed by atoms with Crippen LogP contribution in [-0.2, 0) is 14.4 Å². The van der Waals surface area contributed by atoms with E-state index in [0.717, 1.165) is 4.90 Å². The molecule has 0 atom stereocenters. The molecule has 0 radical (unpaired) electrons. The number of imide groups is 2. The molecule has 1 aromatic rings. The third kappa shape index (κ3) is 3.19. The number of hydrogen-bond acceptors (Lipinski definition) is 4. The number of nitrogens with zero attached hydrogens (tertiary/aromatic N) is 3. The first-order valence-corrected chi connectivity index (χ1v) is 7.53. The van der Waals surface area contributed by atoms with Gasteiger partial charge in [-0.2, -0.15) is 0 Å². The van der Waals surface area contributed by atoms with Gasteiger partial charge in [0, 0.05) is 18.3 Å². The van der Waals surface area contributed by atoms with Gasteiger partial charge in [0.1, 0.15) is 6.54 Å². The molecule has 0 bridgehead atoms. The van der Waals surface area contributed by atoms with Crippen LogP contribution in [-0.4, -0.2) is 52.7 Å². The summed E-state index contributed by atoms with van der Waals surface area (Å²) in [5, 5.41) is 0. The number of amides is 5. The lowest BCUT2D eigenvalue weighted by Crippen LogP contribution is -2.46. The van der Waals surface area contributed by atoms with Crippen LogP contribution < -0.4 is 4.90 Å². The molecule has 1 aromatic carbocycles. The molecule has 2 rings (SSSR count). The molecule has 24 heavy (non-hydrogen) atoms. The van der Waals surface area contributed by atoms with E-state index < -0.39 is 30.3 Å². The zero-order chi connectivity index (χ0) is 17.9. The minimum Gasteiger partial charge on any atom is -0.308 e. The molecule has 1 saturated heterocycles. The van der Waals surface area contributed by atoms with Crippen LogP contribution in [0.3, 0.4) is 0 Å². The highest BCUT2D eigenvalue weighted by molar-refractivity contribution is 6.45. The number of benzene rings is 1. The predicted octanol–water partition coefficient (Wildman–Crippen LogP) is 1.40. The van der Waals surface area contributed by atoms with E-state index in [1.54, 1.807) is 24.3 Å². The molecule has 0 saturated carbocycles. The fourth-order valence-corrected chi connectivity index (χ4v) is 2.51. The first-order valence-electron chi connectivity index (χ1n) is 7.53. The molecule has 0 spiro atoms. The highest BCUT2D eigenvalue weighted by Crippen LogP contribution is 2.19. The molecular formula is C17H19N3O4. The van der Waals surface area contributed by atoms with E-state index in [-0.39, 0.29) is 12.6 Å². The van der Waals surface area contributed by atoms with Crippen LogP contribution in [0, 0.1) is 0 Å². The van der Waals surface area contributed by atoms with E-state index in [2.05, 4.69) is 6.58 Å². The summed E-state index contributed by atoms with van der Waals surface area (Å²) in [6.07, 6.45) is 1.35. The summed E-state index contributed by atoms with van der Waals surface area (Å²) < 4.78 is 0. The Morgan fingerprint density at radius 2 is 1.71 bits per heavy atom. The average molecular weight is 329 g/mol. The summed E-state index contributed by atoms with van der Waals surface area (Å²) in [6.45, 7) is 6.55. The van der Waals surface area contributed by atoms with Crippen LogP contribution >= 0.6 is 0 Å². The number of rotatable bonds is 6. The second-order valence-electron chi connectivity index (χ2n) is 5.57. The van der Waals surface area contributed by atoms with Crippen LogP contribution in [0.2, 0.25) is 0 Å². The molecule has 0 aromatic heterocycles. The first-order chi connectivity index (χ1) is 11.4.